The van der Waals surface area contributed by atoms with Gasteiger partial charge in [0.2, 0.25) is 5.91 Å². The lowest BCUT2D eigenvalue weighted by Crippen LogP contribution is -2.43. The minimum Gasteiger partial charge on any atom is -0.497 e. The summed E-state index contributed by atoms with van der Waals surface area (Å²) in [6.07, 6.45) is 0.559. The molecule has 0 spiro atoms. The Morgan fingerprint density at radius 1 is 1.10 bits per heavy atom. The van der Waals surface area contributed by atoms with Crippen molar-refractivity contribution in [2.45, 2.75) is 39.2 Å². The third kappa shape index (κ3) is 8.70. The molecule has 42 heavy (non-hydrogen) atoms. The molecule has 1 amide bonds. The zero-order chi connectivity index (χ0) is 30.8. The Bertz CT molecular complexity index is 1470. The van der Waals surface area contributed by atoms with Crippen LogP contribution in [0.1, 0.15) is 41.4 Å². The average molecular weight is 620 g/mol. The van der Waals surface area contributed by atoms with Crippen LogP contribution in [0.25, 0.3) is 10.9 Å². The molecule has 0 bridgehead atoms. The van der Waals surface area contributed by atoms with Crippen LogP contribution in [-0.2, 0) is 30.4 Å². The van der Waals surface area contributed by atoms with Gasteiger partial charge in [-0.2, -0.15) is 0 Å². The predicted octanol–water partition coefficient (Wildman–Crippen LogP) is 4.14. The van der Waals surface area contributed by atoms with Crippen molar-refractivity contribution >= 4 is 57.2 Å². The summed E-state index contributed by atoms with van der Waals surface area (Å²) in [4.78, 5) is 65.3. The summed E-state index contributed by atoms with van der Waals surface area (Å²) >= 11 is 6.84. The summed E-state index contributed by atoms with van der Waals surface area (Å²) in [6, 6.07) is 10.7. The summed E-state index contributed by atoms with van der Waals surface area (Å²) in [5, 5.41) is 12.6. The minimum atomic E-state index is -1.08. The molecule has 1 atom stereocenters. The van der Waals surface area contributed by atoms with Crippen LogP contribution in [-0.4, -0.2) is 64.7 Å². The number of esters is 1. The van der Waals surface area contributed by atoms with Crippen LogP contribution in [0.5, 0.6) is 5.75 Å². The van der Waals surface area contributed by atoms with E-state index in [2.05, 4.69) is 10.2 Å². The topological polar surface area (TPSA) is 156 Å². The number of carbonyl (C=O) groups excluding carboxylic acids is 4. The number of amides is 1. The molecule has 0 aliphatic heterocycles. The van der Waals surface area contributed by atoms with Crippen molar-refractivity contribution in [3.63, 3.8) is 0 Å². The molecular weight excluding hydrogens is 590 g/mol. The van der Waals surface area contributed by atoms with E-state index >= 15 is 0 Å². The summed E-state index contributed by atoms with van der Waals surface area (Å²) in [5.41, 5.74) is 2.22. The SMILES string of the molecule is COc1ccc2c(c1)c(CC(=O)SC[C@@H](NC(C)=O)C(=O)OCCCCO[N+](=O)[O-])c(C)n2C(=O)c1ccc(Cl)cc1. The zero-order valence-corrected chi connectivity index (χ0v) is 24.8. The van der Waals surface area contributed by atoms with Crippen molar-refractivity contribution < 1.29 is 38.6 Å². The van der Waals surface area contributed by atoms with Gasteiger partial charge in [-0.05, 0) is 67.8 Å². The molecule has 224 valence electrons. The van der Waals surface area contributed by atoms with Gasteiger partial charge in [0.05, 0.1) is 25.8 Å². The number of ether oxygens (including phenoxy) is 2. The first-order chi connectivity index (χ1) is 20.0. The fraction of sp³-hybridized carbons (Fsp3) is 0.357. The lowest BCUT2D eigenvalue weighted by molar-refractivity contribution is -0.757. The second kappa shape index (κ2) is 15.2. The van der Waals surface area contributed by atoms with Crippen LogP contribution in [0.2, 0.25) is 5.02 Å². The summed E-state index contributed by atoms with van der Waals surface area (Å²) in [7, 11) is 1.52. The van der Waals surface area contributed by atoms with E-state index in [1.165, 1.54) is 14.0 Å². The Morgan fingerprint density at radius 2 is 1.79 bits per heavy atom. The van der Waals surface area contributed by atoms with Crippen LogP contribution >= 0.6 is 23.4 Å². The van der Waals surface area contributed by atoms with Gasteiger partial charge >= 0.3 is 5.97 Å². The number of carbonyl (C=O) groups is 4. The average Bonchev–Trinajstić information content (AvgIpc) is 3.22. The highest BCUT2D eigenvalue weighted by Gasteiger charge is 2.25. The van der Waals surface area contributed by atoms with Crippen molar-refractivity contribution in [3.8, 4) is 5.75 Å². The Morgan fingerprint density at radius 3 is 2.43 bits per heavy atom. The molecule has 1 aromatic heterocycles. The molecule has 3 aromatic rings. The number of benzene rings is 2. The third-order valence-corrected chi connectivity index (χ3v) is 7.43. The normalized spacial score (nSPS) is 11.5. The van der Waals surface area contributed by atoms with Gasteiger partial charge in [0.1, 0.15) is 11.8 Å². The maximum absolute atomic E-state index is 13.5. The maximum atomic E-state index is 13.5. The molecule has 0 aliphatic carbocycles. The van der Waals surface area contributed by atoms with E-state index in [-0.39, 0.29) is 36.4 Å². The van der Waals surface area contributed by atoms with Crippen LogP contribution in [0.4, 0.5) is 0 Å². The van der Waals surface area contributed by atoms with E-state index in [0.29, 0.717) is 51.3 Å². The molecule has 2 aromatic carbocycles. The molecule has 0 aliphatic rings. The van der Waals surface area contributed by atoms with Crippen molar-refractivity contribution in [2.24, 2.45) is 0 Å². The van der Waals surface area contributed by atoms with Crippen molar-refractivity contribution in [2.75, 3.05) is 26.1 Å². The van der Waals surface area contributed by atoms with Gasteiger partial charge in [-0.25, -0.2) is 4.79 Å². The second-order valence-corrected chi connectivity index (χ2v) is 10.7. The monoisotopic (exact) mass is 619 g/mol. The summed E-state index contributed by atoms with van der Waals surface area (Å²) in [6.45, 7) is 2.83. The van der Waals surface area contributed by atoms with Gasteiger partial charge in [-0.15, -0.1) is 10.1 Å². The van der Waals surface area contributed by atoms with E-state index in [0.717, 1.165) is 11.8 Å². The number of methoxy groups -OCH3 is 1. The number of hydrogen-bond donors (Lipinski definition) is 1. The fourth-order valence-corrected chi connectivity index (χ4v) is 5.14. The fourth-order valence-electron chi connectivity index (χ4n) is 4.20. The Hall–Kier alpha value is -4.10. The lowest BCUT2D eigenvalue weighted by Gasteiger charge is -2.16. The van der Waals surface area contributed by atoms with Crippen molar-refractivity contribution in [1.82, 2.24) is 9.88 Å². The van der Waals surface area contributed by atoms with Crippen molar-refractivity contribution in [1.29, 1.82) is 0 Å². The number of halogens is 1. The first kappa shape index (κ1) is 32.4. The van der Waals surface area contributed by atoms with Crippen molar-refractivity contribution in [3.05, 3.63) is 74.4 Å². The molecule has 14 heteroatoms. The number of nitrogens with one attached hydrogen (secondary N) is 1. The van der Waals surface area contributed by atoms with E-state index in [9.17, 15) is 29.3 Å². The van der Waals surface area contributed by atoms with E-state index < -0.39 is 23.0 Å². The molecule has 0 fully saturated rings. The van der Waals surface area contributed by atoms with E-state index in [1.807, 2.05) is 0 Å². The first-order valence-corrected chi connectivity index (χ1v) is 14.2. The highest BCUT2D eigenvalue weighted by molar-refractivity contribution is 8.13. The first-order valence-electron chi connectivity index (χ1n) is 12.9. The number of aromatic nitrogens is 1. The molecular formula is C28H30ClN3O9S. The number of nitrogens with zero attached hydrogens (tertiary/aromatic N) is 2. The van der Waals surface area contributed by atoms with Crippen LogP contribution < -0.4 is 10.1 Å². The minimum absolute atomic E-state index is 0.0310. The molecule has 0 unspecified atom stereocenters. The number of fused-ring (bicyclic) bond motifs is 1. The number of hydrogen-bond acceptors (Lipinski definition) is 10. The number of unbranched alkanes of at least 4 members (excludes halogenated alkanes) is 1. The van der Waals surface area contributed by atoms with Gasteiger partial charge in [0.15, 0.2) is 5.12 Å². The molecule has 0 saturated carbocycles. The van der Waals surface area contributed by atoms with E-state index in [1.54, 1.807) is 54.0 Å². The lowest BCUT2D eigenvalue weighted by atomic mass is 10.1. The third-order valence-electron chi connectivity index (χ3n) is 6.21. The molecule has 3 rings (SSSR count). The van der Waals surface area contributed by atoms with Gasteiger partial charge in [0, 0.05) is 40.8 Å². The van der Waals surface area contributed by atoms with Gasteiger partial charge in [-0.1, -0.05) is 23.4 Å². The molecule has 1 heterocycles. The summed E-state index contributed by atoms with van der Waals surface area (Å²) < 4.78 is 12.1. The molecule has 0 radical (unpaired) electrons. The smallest absolute Gasteiger partial charge is 0.329 e. The molecule has 1 N–H and O–H groups in total. The zero-order valence-electron chi connectivity index (χ0n) is 23.2. The standard InChI is InChI=1S/C28H30ClN3O9S/c1-17-22(15-26(34)42-16-24(30-18(2)33)28(36)40-12-4-5-13-41-32(37)38)23-14-21(39-3)10-11-25(23)31(17)27(35)19-6-8-20(29)9-7-19/h6-11,14,24H,4-5,12-13,15-16H2,1-3H3,(H,30,33)/t24-/m1/s1. The Kier molecular flexibility index (Phi) is 11.7. The largest absolute Gasteiger partial charge is 0.497 e. The van der Waals surface area contributed by atoms with Gasteiger partial charge in [0.25, 0.3) is 11.0 Å². The number of thioether (sulfide) groups is 1. The highest BCUT2D eigenvalue weighted by atomic mass is 35.5. The highest BCUT2D eigenvalue weighted by Crippen LogP contribution is 2.31. The molecule has 0 saturated heterocycles. The van der Waals surface area contributed by atoms with Crippen LogP contribution in [0.15, 0.2) is 42.5 Å². The second-order valence-electron chi connectivity index (χ2n) is 9.14. The number of rotatable bonds is 14. The van der Waals surface area contributed by atoms with Crippen LogP contribution in [0.3, 0.4) is 0 Å². The van der Waals surface area contributed by atoms with E-state index in [4.69, 9.17) is 21.1 Å². The Balaban J connectivity index is 1.74. The summed E-state index contributed by atoms with van der Waals surface area (Å²) in [5.74, 6) is -1.02. The quantitative estimate of drug-likeness (QED) is 0.120. The maximum Gasteiger partial charge on any atom is 0.329 e. The van der Waals surface area contributed by atoms with Crippen LogP contribution in [0, 0.1) is 17.0 Å². The predicted molar refractivity (Wildman–Crippen MR) is 156 cm³/mol. The van der Waals surface area contributed by atoms with Gasteiger partial charge < -0.3 is 19.6 Å². The molecule has 12 nitrogen and oxygen atoms in total. The Labute approximate surface area is 250 Å². The van der Waals surface area contributed by atoms with Gasteiger partial charge in [-0.3, -0.25) is 19.0 Å².